The summed E-state index contributed by atoms with van der Waals surface area (Å²) in [5.74, 6) is 0.769. The predicted octanol–water partition coefficient (Wildman–Crippen LogP) is 15.0. The molecule has 6 heteroatoms. The summed E-state index contributed by atoms with van der Waals surface area (Å²) in [6, 6.07) is 0. The van der Waals surface area contributed by atoms with Crippen LogP contribution >= 0.6 is 0 Å². The standard InChI is InChI=1S/C48H92O6/c1-6-8-9-10-11-12-13-14-15-19-22-28-33-38-46(49)52-41-45(54-48(51)40-35-30-25-24-26-31-36-43(3)4)42-53-47(50)39-34-29-23-20-17-16-18-21-27-32-37-44(5)7-2/h43-45H,6-42H2,1-5H3/t44?,45-/m1/s1. The fourth-order valence-electron chi connectivity index (χ4n) is 7.07. The number of carbonyl (C=O) groups excluding carboxylic acids is 3. The second kappa shape index (κ2) is 41.1. The summed E-state index contributed by atoms with van der Waals surface area (Å²) >= 11 is 0. The molecule has 0 N–H and O–H groups in total. The molecular formula is C48H92O6. The van der Waals surface area contributed by atoms with Gasteiger partial charge in [0.25, 0.3) is 0 Å². The molecule has 0 bridgehead atoms. The molecule has 320 valence electrons. The Hall–Kier alpha value is -1.59. The van der Waals surface area contributed by atoms with Crippen LogP contribution in [0.4, 0.5) is 0 Å². The molecule has 0 aliphatic carbocycles. The lowest BCUT2D eigenvalue weighted by Crippen LogP contribution is -2.30. The molecule has 1 unspecified atom stereocenters. The number of hydrogen-bond acceptors (Lipinski definition) is 6. The van der Waals surface area contributed by atoms with Crippen LogP contribution in [0.2, 0.25) is 0 Å². The average Bonchev–Trinajstić information content (AvgIpc) is 3.15. The van der Waals surface area contributed by atoms with E-state index >= 15 is 0 Å². The summed E-state index contributed by atoms with van der Waals surface area (Å²) in [6.45, 7) is 11.3. The largest absolute Gasteiger partial charge is 0.462 e. The van der Waals surface area contributed by atoms with Gasteiger partial charge in [-0.3, -0.25) is 14.4 Å². The quantitative estimate of drug-likeness (QED) is 0.0350. The first kappa shape index (κ1) is 52.4. The third-order valence-electron chi connectivity index (χ3n) is 11.1. The first-order valence-corrected chi connectivity index (χ1v) is 23.8. The van der Waals surface area contributed by atoms with Crippen molar-refractivity contribution >= 4 is 17.9 Å². The van der Waals surface area contributed by atoms with Gasteiger partial charge in [-0.25, -0.2) is 0 Å². The molecular weight excluding hydrogens is 673 g/mol. The lowest BCUT2D eigenvalue weighted by Gasteiger charge is -2.18. The van der Waals surface area contributed by atoms with Gasteiger partial charge in [-0.1, -0.05) is 221 Å². The lowest BCUT2D eigenvalue weighted by molar-refractivity contribution is -0.167. The first-order chi connectivity index (χ1) is 26.3. The second-order valence-corrected chi connectivity index (χ2v) is 17.1. The molecule has 6 nitrogen and oxygen atoms in total. The zero-order valence-corrected chi connectivity index (χ0v) is 36.8. The Bertz CT molecular complexity index is 826. The van der Waals surface area contributed by atoms with E-state index in [0.29, 0.717) is 19.3 Å². The maximum atomic E-state index is 12.7. The van der Waals surface area contributed by atoms with Gasteiger partial charge in [-0.2, -0.15) is 0 Å². The van der Waals surface area contributed by atoms with Gasteiger partial charge < -0.3 is 14.2 Å². The molecule has 0 rings (SSSR count). The minimum Gasteiger partial charge on any atom is -0.462 e. The Morgan fingerprint density at radius 1 is 0.389 bits per heavy atom. The summed E-state index contributed by atoms with van der Waals surface area (Å²) in [4.78, 5) is 37.7. The topological polar surface area (TPSA) is 78.9 Å². The van der Waals surface area contributed by atoms with Crippen molar-refractivity contribution in [2.75, 3.05) is 13.2 Å². The highest BCUT2D eigenvalue weighted by molar-refractivity contribution is 5.71. The molecule has 0 aromatic rings. The van der Waals surface area contributed by atoms with E-state index in [1.165, 1.54) is 148 Å². The lowest BCUT2D eigenvalue weighted by atomic mass is 9.99. The monoisotopic (exact) mass is 765 g/mol. The Balaban J connectivity index is 4.30. The number of hydrogen-bond donors (Lipinski definition) is 0. The van der Waals surface area contributed by atoms with Crippen molar-refractivity contribution in [3.63, 3.8) is 0 Å². The molecule has 2 atom stereocenters. The predicted molar refractivity (Wildman–Crippen MR) is 229 cm³/mol. The summed E-state index contributed by atoms with van der Waals surface area (Å²) in [5, 5.41) is 0. The molecule has 0 spiro atoms. The van der Waals surface area contributed by atoms with Crippen LogP contribution in [0.25, 0.3) is 0 Å². The maximum absolute atomic E-state index is 12.7. The van der Waals surface area contributed by atoms with Gasteiger partial charge >= 0.3 is 17.9 Å². The first-order valence-electron chi connectivity index (χ1n) is 23.8. The fourth-order valence-corrected chi connectivity index (χ4v) is 7.07. The van der Waals surface area contributed by atoms with E-state index in [0.717, 1.165) is 69.6 Å². The summed E-state index contributed by atoms with van der Waals surface area (Å²) in [6.07, 6.45) is 39.5. The Kier molecular flexibility index (Phi) is 39.8. The van der Waals surface area contributed by atoms with Crippen molar-refractivity contribution in [1.29, 1.82) is 0 Å². The normalized spacial score (nSPS) is 12.6. The van der Waals surface area contributed by atoms with Crippen molar-refractivity contribution in [3.05, 3.63) is 0 Å². The smallest absolute Gasteiger partial charge is 0.306 e. The van der Waals surface area contributed by atoms with E-state index in [4.69, 9.17) is 14.2 Å². The molecule has 0 radical (unpaired) electrons. The molecule has 0 aromatic carbocycles. The third-order valence-corrected chi connectivity index (χ3v) is 11.1. The van der Waals surface area contributed by atoms with E-state index in [9.17, 15) is 14.4 Å². The van der Waals surface area contributed by atoms with Crippen LogP contribution in [-0.4, -0.2) is 37.2 Å². The van der Waals surface area contributed by atoms with Crippen molar-refractivity contribution in [1.82, 2.24) is 0 Å². The maximum Gasteiger partial charge on any atom is 0.306 e. The van der Waals surface area contributed by atoms with Gasteiger partial charge in [0.2, 0.25) is 0 Å². The zero-order valence-electron chi connectivity index (χ0n) is 36.8. The highest BCUT2D eigenvalue weighted by atomic mass is 16.6. The summed E-state index contributed by atoms with van der Waals surface area (Å²) in [7, 11) is 0. The molecule has 0 amide bonds. The van der Waals surface area contributed by atoms with Gasteiger partial charge in [0.05, 0.1) is 0 Å². The zero-order chi connectivity index (χ0) is 39.7. The SMILES string of the molecule is CCCCCCCCCCCCCCCC(=O)OC[C@H](COC(=O)CCCCCCCCCCCCC(C)CC)OC(=O)CCCCCCCCC(C)C. The van der Waals surface area contributed by atoms with Crippen LogP contribution in [0.15, 0.2) is 0 Å². The van der Waals surface area contributed by atoms with Gasteiger partial charge in [-0.05, 0) is 31.1 Å². The van der Waals surface area contributed by atoms with Crippen LogP contribution < -0.4 is 0 Å². The molecule has 0 aliphatic rings. The number of carbonyl (C=O) groups is 3. The van der Waals surface area contributed by atoms with E-state index in [1.54, 1.807) is 0 Å². The average molecular weight is 765 g/mol. The Labute approximate surface area is 336 Å². The number of unbranched alkanes of at least 4 members (excludes halogenated alkanes) is 26. The highest BCUT2D eigenvalue weighted by Gasteiger charge is 2.19. The van der Waals surface area contributed by atoms with E-state index < -0.39 is 6.10 Å². The molecule has 0 saturated carbocycles. The van der Waals surface area contributed by atoms with Gasteiger partial charge in [0.1, 0.15) is 13.2 Å². The van der Waals surface area contributed by atoms with Crippen LogP contribution in [0.3, 0.4) is 0 Å². The van der Waals surface area contributed by atoms with Crippen molar-refractivity contribution in [2.24, 2.45) is 11.8 Å². The number of ether oxygens (including phenoxy) is 3. The van der Waals surface area contributed by atoms with Gasteiger partial charge in [0.15, 0.2) is 6.10 Å². The minimum atomic E-state index is -0.761. The van der Waals surface area contributed by atoms with Crippen LogP contribution in [0, 0.1) is 11.8 Å². The van der Waals surface area contributed by atoms with Crippen LogP contribution in [0.1, 0.15) is 259 Å². The van der Waals surface area contributed by atoms with Crippen LogP contribution in [-0.2, 0) is 28.6 Å². The Morgan fingerprint density at radius 2 is 0.704 bits per heavy atom. The molecule has 0 aliphatic heterocycles. The van der Waals surface area contributed by atoms with E-state index in [-0.39, 0.29) is 31.1 Å². The highest BCUT2D eigenvalue weighted by Crippen LogP contribution is 2.17. The molecule has 0 saturated heterocycles. The van der Waals surface area contributed by atoms with E-state index in [1.807, 2.05) is 0 Å². The van der Waals surface area contributed by atoms with Crippen molar-refractivity contribution < 1.29 is 28.6 Å². The van der Waals surface area contributed by atoms with Crippen LogP contribution in [0.5, 0.6) is 0 Å². The molecule has 0 heterocycles. The van der Waals surface area contributed by atoms with Crippen molar-refractivity contribution in [3.8, 4) is 0 Å². The fraction of sp³-hybridized carbons (Fsp3) is 0.938. The molecule has 0 aromatic heterocycles. The third kappa shape index (κ3) is 40.1. The van der Waals surface area contributed by atoms with Gasteiger partial charge in [-0.15, -0.1) is 0 Å². The number of rotatable bonds is 42. The van der Waals surface area contributed by atoms with Crippen molar-refractivity contribution in [2.45, 2.75) is 265 Å². The Morgan fingerprint density at radius 3 is 1.06 bits per heavy atom. The second-order valence-electron chi connectivity index (χ2n) is 17.1. The molecule has 54 heavy (non-hydrogen) atoms. The molecule has 0 fully saturated rings. The summed E-state index contributed by atoms with van der Waals surface area (Å²) in [5.41, 5.74) is 0. The summed E-state index contributed by atoms with van der Waals surface area (Å²) < 4.78 is 16.7. The number of esters is 3. The van der Waals surface area contributed by atoms with E-state index in [2.05, 4.69) is 34.6 Å². The minimum absolute atomic E-state index is 0.0655. The van der Waals surface area contributed by atoms with Gasteiger partial charge in [0, 0.05) is 19.3 Å².